The van der Waals surface area contributed by atoms with Crippen LogP contribution >= 0.6 is 0 Å². The fraction of sp³-hybridized carbons (Fsp3) is 0.909. The van der Waals surface area contributed by atoms with Crippen LogP contribution in [0.4, 0.5) is 0 Å². The molecule has 0 atom stereocenters. The van der Waals surface area contributed by atoms with E-state index in [1.54, 1.807) is 0 Å². The van der Waals surface area contributed by atoms with Gasteiger partial charge in [-0.2, -0.15) is 0 Å². The number of carbonyl (C=O) groups excluding carboxylic acids is 1. The Hall–Kier alpha value is -0.570. The maximum absolute atomic E-state index is 11.5. The van der Waals surface area contributed by atoms with E-state index < -0.39 is 0 Å². The van der Waals surface area contributed by atoms with Crippen molar-refractivity contribution in [3.63, 3.8) is 0 Å². The van der Waals surface area contributed by atoms with Gasteiger partial charge in [0.25, 0.3) is 0 Å². The zero-order chi connectivity index (χ0) is 10.6. The summed E-state index contributed by atoms with van der Waals surface area (Å²) < 4.78 is 0. The lowest BCUT2D eigenvalue weighted by atomic mass is 9.98. The molecule has 0 aromatic heterocycles. The van der Waals surface area contributed by atoms with Crippen molar-refractivity contribution in [3.05, 3.63) is 0 Å². The Bertz CT molecular complexity index is 197. The van der Waals surface area contributed by atoms with Crippen LogP contribution in [0.15, 0.2) is 0 Å². The normalized spacial score (nSPS) is 16.8. The topological polar surface area (TPSA) is 55.1 Å². The monoisotopic (exact) mass is 198 g/mol. The van der Waals surface area contributed by atoms with Crippen LogP contribution in [0.1, 0.15) is 46.0 Å². The van der Waals surface area contributed by atoms with Gasteiger partial charge in [0, 0.05) is 12.0 Å². The largest absolute Gasteiger partial charge is 0.351 e. The van der Waals surface area contributed by atoms with Crippen LogP contribution in [0, 0.1) is 5.92 Å². The Morgan fingerprint density at radius 1 is 1.43 bits per heavy atom. The lowest BCUT2D eigenvalue weighted by Gasteiger charge is -2.26. The Labute approximate surface area is 86.4 Å². The van der Waals surface area contributed by atoms with Crippen molar-refractivity contribution in [1.82, 2.24) is 5.32 Å². The summed E-state index contributed by atoms with van der Waals surface area (Å²) in [5.74, 6) is 0.872. The maximum Gasteiger partial charge on any atom is 0.220 e. The van der Waals surface area contributed by atoms with Gasteiger partial charge in [0.2, 0.25) is 5.91 Å². The second kappa shape index (κ2) is 4.78. The van der Waals surface area contributed by atoms with Gasteiger partial charge in [-0.15, -0.1) is 0 Å². The number of hydrogen-bond acceptors (Lipinski definition) is 2. The lowest BCUT2D eigenvalue weighted by molar-refractivity contribution is -0.123. The molecule has 1 saturated carbocycles. The molecule has 1 aliphatic rings. The zero-order valence-corrected chi connectivity index (χ0v) is 9.31. The first-order valence-electron chi connectivity index (χ1n) is 5.57. The molecule has 0 spiro atoms. The predicted octanol–water partition coefficient (Wildman–Crippen LogP) is 1.42. The Morgan fingerprint density at radius 3 is 2.57 bits per heavy atom. The maximum atomic E-state index is 11.5. The summed E-state index contributed by atoms with van der Waals surface area (Å²) in [6.07, 6.45) is 4.99. The molecule has 0 unspecified atom stereocenters. The summed E-state index contributed by atoms with van der Waals surface area (Å²) in [6, 6.07) is 0. The molecule has 0 saturated heterocycles. The third kappa shape index (κ3) is 3.66. The zero-order valence-electron chi connectivity index (χ0n) is 9.31. The smallest absolute Gasteiger partial charge is 0.220 e. The first-order chi connectivity index (χ1) is 6.56. The molecule has 82 valence electrons. The van der Waals surface area contributed by atoms with E-state index in [9.17, 15) is 4.79 Å². The third-order valence-electron chi connectivity index (χ3n) is 2.92. The van der Waals surface area contributed by atoms with Crippen LogP contribution in [0.3, 0.4) is 0 Å². The van der Waals surface area contributed by atoms with E-state index in [1.807, 2.05) is 0 Å². The molecule has 1 fully saturated rings. The van der Waals surface area contributed by atoms with Crippen molar-refractivity contribution in [1.29, 1.82) is 0 Å². The summed E-state index contributed by atoms with van der Waals surface area (Å²) in [5.41, 5.74) is 5.37. The van der Waals surface area contributed by atoms with E-state index in [4.69, 9.17) is 5.73 Å². The minimum Gasteiger partial charge on any atom is -0.351 e. The van der Waals surface area contributed by atoms with Crippen molar-refractivity contribution in [2.45, 2.75) is 51.5 Å². The number of unbranched alkanes of at least 4 members (excludes halogenated alkanes) is 1. The van der Waals surface area contributed by atoms with Gasteiger partial charge in [-0.25, -0.2) is 0 Å². The average Bonchev–Trinajstić information content (AvgIpc) is 2.85. The summed E-state index contributed by atoms with van der Waals surface area (Å²) >= 11 is 0. The number of nitrogens with one attached hydrogen (secondary N) is 1. The van der Waals surface area contributed by atoms with Crippen LogP contribution in [0.5, 0.6) is 0 Å². The van der Waals surface area contributed by atoms with Crippen LogP contribution < -0.4 is 11.1 Å². The summed E-state index contributed by atoms with van der Waals surface area (Å²) in [5, 5.41) is 3.10. The molecule has 14 heavy (non-hydrogen) atoms. The van der Waals surface area contributed by atoms with Gasteiger partial charge in [-0.05, 0) is 52.0 Å². The number of nitrogens with two attached hydrogens (primary N) is 1. The van der Waals surface area contributed by atoms with Gasteiger partial charge in [0.1, 0.15) is 0 Å². The Kier molecular flexibility index (Phi) is 3.93. The van der Waals surface area contributed by atoms with E-state index in [1.165, 1.54) is 12.8 Å². The molecule has 0 aromatic carbocycles. The first kappa shape index (κ1) is 11.5. The highest BCUT2D eigenvalue weighted by Crippen LogP contribution is 2.39. The molecule has 3 N–H and O–H groups in total. The standard InChI is InChI=1S/C11H22N2O/c1-11(2,9-6-7-9)13-10(14)5-3-4-8-12/h9H,3-8,12H2,1-2H3,(H,13,14). The van der Waals surface area contributed by atoms with Crippen LogP contribution in [0.2, 0.25) is 0 Å². The van der Waals surface area contributed by atoms with Crippen molar-refractivity contribution in [3.8, 4) is 0 Å². The fourth-order valence-electron chi connectivity index (χ4n) is 1.76. The van der Waals surface area contributed by atoms with E-state index in [0.717, 1.165) is 12.8 Å². The highest BCUT2D eigenvalue weighted by Gasteiger charge is 2.38. The van der Waals surface area contributed by atoms with Crippen molar-refractivity contribution in [2.75, 3.05) is 6.54 Å². The quantitative estimate of drug-likeness (QED) is 0.634. The fourth-order valence-corrected chi connectivity index (χ4v) is 1.76. The third-order valence-corrected chi connectivity index (χ3v) is 2.92. The van der Waals surface area contributed by atoms with Crippen molar-refractivity contribution < 1.29 is 4.79 Å². The number of rotatable bonds is 6. The van der Waals surface area contributed by atoms with E-state index in [-0.39, 0.29) is 11.4 Å². The van der Waals surface area contributed by atoms with Gasteiger partial charge in [0.15, 0.2) is 0 Å². The molecule has 1 aliphatic carbocycles. The molecule has 1 amide bonds. The minimum absolute atomic E-state index is 0.000200. The number of carbonyl (C=O) groups is 1. The second-order valence-corrected chi connectivity index (χ2v) is 4.79. The van der Waals surface area contributed by atoms with Gasteiger partial charge in [-0.3, -0.25) is 4.79 Å². The lowest BCUT2D eigenvalue weighted by Crippen LogP contribution is -2.45. The van der Waals surface area contributed by atoms with Gasteiger partial charge in [0.05, 0.1) is 0 Å². The van der Waals surface area contributed by atoms with E-state index in [0.29, 0.717) is 18.9 Å². The molecular formula is C11H22N2O. The Balaban J connectivity index is 2.18. The molecular weight excluding hydrogens is 176 g/mol. The molecule has 0 heterocycles. The molecule has 0 radical (unpaired) electrons. The van der Waals surface area contributed by atoms with E-state index in [2.05, 4.69) is 19.2 Å². The van der Waals surface area contributed by atoms with Crippen LogP contribution in [-0.4, -0.2) is 18.0 Å². The second-order valence-electron chi connectivity index (χ2n) is 4.79. The molecule has 0 aliphatic heterocycles. The summed E-state index contributed by atoms with van der Waals surface area (Å²) in [4.78, 5) is 11.5. The van der Waals surface area contributed by atoms with Crippen LogP contribution in [-0.2, 0) is 4.79 Å². The van der Waals surface area contributed by atoms with Crippen molar-refractivity contribution >= 4 is 5.91 Å². The summed E-state index contributed by atoms with van der Waals surface area (Å²) in [6.45, 7) is 4.91. The van der Waals surface area contributed by atoms with Crippen LogP contribution in [0.25, 0.3) is 0 Å². The number of amides is 1. The van der Waals surface area contributed by atoms with Gasteiger partial charge < -0.3 is 11.1 Å². The molecule has 0 bridgehead atoms. The molecule has 1 rings (SSSR count). The van der Waals surface area contributed by atoms with Crippen molar-refractivity contribution in [2.24, 2.45) is 11.7 Å². The minimum atomic E-state index is -0.000200. The van der Waals surface area contributed by atoms with Gasteiger partial charge >= 0.3 is 0 Å². The van der Waals surface area contributed by atoms with Gasteiger partial charge in [-0.1, -0.05) is 0 Å². The number of hydrogen-bond donors (Lipinski definition) is 2. The first-order valence-corrected chi connectivity index (χ1v) is 5.57. The Morgan fingerprint density at radius 2 is 2.07 bits per heavy atom. The molecule has 0 aromatic rings. The average molecular weight is 198 g/mol. The highest BCUT2D eigenvalue weighted by atomic mass is 16.1. The SMILES string of the molecule is CC(C)(NC(=O)CCCCN)C1CC1. The summed E-state index contributed by atoms with van der Waals surface area (Å²) in [7, 11) is 0. The predicted molar refractivity (Wildman–Crippen MR) is 57.9 cm³/mol. The molecule has 3 heteroatoms. The molecule has 3 nitrogen and oxygen atoms in total. The van der Waals surface area contributed by atoms with E-state index >= 15 is 0 Å². The highest BCUT2D eigenvalue weighted by molar-refractivity contribution is 5.76.